The van der Waals surface area contributed by atoms with Crippen LogP contribution in [-0.4, -0.2) is 17.9 Å². The van der Waals surface area contributed by atoms with Crippen LogP contribution in [-0.2, 0) is 4.79 Å². The molecule has 3 nitrogen and oxygen atoms in total. The number of rotatable bonds is 4. The van der Waals surface area contributed by atoms with Gasteiger partial charge in [0.15, 0.2) is 0 Å². The fourth-order valence-electron chi connectivity index (χ4n) is 1.57. The summed E-state index contributed by atoms with van der Waals surface area (Å²) in [6, 6.07) is 7.94. The number of hydrogen-bond donors (Lipinski definition) is 1. The van der Waals surface area contributed by atoms with Gasteiger partial charge in [-0.1, -0.05) is 0 Å². The number of ether oxygens (including phenoxy) is 1. The summed E-state index contributed by atoms with van der Waals surface area (Å²) in [7, 11) is 0. The topological polar surface area (TPSA) is 42.1 Å². The minimum atomic E-state index is 0.435. The highest BCUT2D eigenvalue weighted by atomic mass is 16.5. The van der Waals surface area contributed by atoms with E-state index in [0.717, 1.165) is 28.6 Å². The fourth-order valence-corrected chi connectivity index (χ4v) is 1.57. The molecule has 2 aromatic rings. The van der Waals surface area contributed by atoms with Crippen LogP contribution in [0.15, 0.2) is 24.3 Å². The van der Waals surface area contributed by atoms with Gasteiger partial charge >= 0.3 is 0 Å². The molecule has 0 spiro atoms. The zero-order valence-corrected chi connectivity index (χ0v) is 8.62. The van der Waals surface area contributed by atoms with E-state index in [-0.39, 0.29) is 0 Å². The predicted molar refractivity (Wildman–Crippen MR) is 59.2 cm³/mol. The van der Waals surface area contributed by atoms with Crippen molar-refractivity contribution in [3.05, 3.63) is 30.0 Å². The van der Waals surface area contributed by atoms with Gasteiger partial charge < -0.3 is 14.5 Å². The Bertz CT molecular complexity index is 473. The van der Waals surface area contributed by atoms with Crippen molar-refractivity contribution < 1.29 is 9.53 Å². The van der Waals surface area contributed by atoms with E-state index < -0.39 is 0 Å². The molecule has 0 unspecified atom stereocenters. The lowest BCUT2D eigenvalue weighted by molar-refractivity contribution is -0.108. The van der Waals surface area contributed by atoms with Crippen molar-refractivity contribution >= 4 is 17.2 Å². The van der Waals surface area contributed by atoms with E-state index >= 15 is 0 Å². The molecule has 1 heterocycles. The van der Waals surface area contributed by atoms with Crippen LogP contribution in [0.25, 0.3) is 10.9 Å². The molecule has 0 atom stereocenters. The second-order valence-corrected chi connectivity index (χ2v) is 3.51. The normalized spacial score (nSPS) is 10.5. The van der Waals surface area contributed by atoms with Crippen molar-refractivity contribution in [2.45, 2.75) is 13.3 Å². The van der Waals surface area contributed by atoms with Gasteiger partial charge in [0.1, 0.15) is 12.0 Å². The van der Waals surface area contributed by atoms with Gasteiger partial charge in [0.2, 0.25) is 0 Å². The Morgan fingerprint density at radius 3 is 3.07 bits per heavy atom. The van der Waals surface area contributed by atoms with Crippen molar-refractivity contribution in [2.24, 2.45) is 0 Å². The van der Waals surface area contributed by atoms with E-state index in [4.69, 9.17) is 4.74 Å². The molecule has 15 heavy (non-hydrogen) atoms. The number of aromatic amines is 1. The van der Waals surface area contributed by atoms with Crippen LogP contribution >= 0.6 is 0 Å². The molecule has 0 saturated carbocycles. The van der Waals surface area contributed by atoms with Gasteiger partial charge in [-0.2, -0.15) is 0 Å². The first kappa shape index (κ1) is 9.77. The van der Waals surface area contributed by atoms with Gasteiger partial charge in [-0.25, -0.2) is 0 Å². The summed E-state index contributed by atoms with van der Waals surface area (Å²) in [5.41, 5.74) is 2.24. The Labute approximate surface area is 88.1 Å². The second kappa shape index (κ2) is 4.17. The van der Waals surface area contributed by atoms with Crippen LogP contribution in [0.5, 0.6) is 5.75 Å². The summed E-state index contributed by atoms with van der Waals surface area (Å²) < 4.78 is 5.42. The first-order valence-corrected chi connectivity index (χ1v) is 4.95. The monoisotopic (exact) mass is 203 g/mol. The van der Waals surface area contributed by atoms with Crippen LogP contribution in [0.2, 0.25) is 0 Å². The Kier molecular flexibility index (Phi) is 2.72. The van der Waals surface area contributed by atoms with Crippen LogP contribution in [0.4, 0.5) is 0 Å². The molecule has 1 aromatic heterocycles. The van der Waals surface area contributed by atoms with Crippen LogP contribution in [0.3, 0.4) is 0 Å². The number of fused-ring (bicyclic) bond motifs is 1. The van der Waals surface area contributed by atoms with E-state index in [9.17, 15) is 4.79 Å². The predicted octanol–water partition coefficient (Wildman–Crippen LogP) is 2.44. The lowest BCUT2D eigenvalue weighted by atomic mass is 10.2. The molecule has 1 aromatic carbocycles. The SMILES string of the molecule is Cc1cc2cc(OCCC=O)ccc2[nH]1. The number of H-pyrrole nitrogens is 1. The van der Waals surface area contributed by atoms with Gasteiger partial charge in [-0.15, -0.1) is 0 Å². The van der Waals surface area contributed by atoms with Crippen LogP contribution < -0.4 is 4.74 Å². The van der Waals surface area contributed by atoms with Gasteiger partial charge in [0, 0.05) is 23.0 Å². The minimum Gasteiger partial charge on any atom is -0.493 e. The number of nitrogens with one attached hydrogen (secondary N) is 1. The van der Waals surface area contributed by atoms with Crippen molar-refractivity contribution in [1.82, 2.24) is 4.98 Å². The molecule has 0 aliphatic rings. The van der Waals surface area contributed by atoms with Crippen LogP contribution in [0, 0.1) is 6.92 Å². The highest BCUT2D eigenvalue weighted by Crippen LogP contribution is 2.21. The van der Waals surface area contributed by atoms with Crippen molar-refractivity contribution in [3.8, 4) is 5.75 Å². The smallest absolute Gasteiger partial charge is 0.123 e. The average Bonchev–Trinajstić information content (AvgIpc) is 2.57. The number of carbonyl (C=O) groups is 1. The maximum atomic E-state index is 10.1. The molecule has 0 saturated heterocycles. The summed E-state index contributed by atoms with van der Waals surface area (Å²) in [4.78, 5) is 13.4. The molecule has 0 bridgehead atoms. The van der Waals surface area contributed by atoms with Crippen LogP contribution in [0.1, 0.15) is 12.1 Å². The zero-order valence-electron chi connectivity index (χ0n) is 8.62. The second-order valence-electron chi connectivity index (χ2n) is 3.51. The Hall–Kier alpha value is -1.77. The molecule has 0 radical (unpaired) electrons. The number of hydrogen-bond acceptors (Lipinski definition) is 2. The number of benzene rings is 1. The van der Waals surface area contributed by atoms with E-state index in [1.54, 1.807) is 0 Å². The van der Waals surface area contributed by atoms with E-state index in [1.807, 2.05) is 25.1 Å². The molecule has 0 aliphatic carbocycles. The fraction of sp³-hybridized carbons (Fsp3) is 0.250. The molecule has 0 aliphatic heterocycles. The number of aryl methyl sites for hydroxylation is 1. The van der Waals surface area contributed by atoms with Gasteiger partial charge in [0.05, 0.1) is 6.61 Å². The third-order valence-corrected chi connectivity index (χ3v) is 2.23. The maximum Gasteiger partial charge on any atom is 0.123 e. The van der Waals surface area contributed by atoms with Gasteiger partial charge in [-0.3, -0.25) is 0 Å². The standard InChI is InChI=1S/C12H13NO2/c1-9-7-10-8-11(15-6-2-5-14)3-4-12(10)13-9/h3-5,7-8,13H,2,6H2,1H3. The van der Waals surface area contributed by atoms with Crippen molar-refractivity contribution in [1.29, 1.82) is 0 Å². The largest absolute Gasteiger partial charge is 0.493 e. The molecular weight excluding hydrogens is 190 g/mol. The Balaban J connectivity index is 2.18. The van der Waals surface area contributed by atoms with Crippen molar-refractivity contribution in [3.63, 3.8) is 0 Å². The van der Waals surface area contributed by atoms with Gasteiger partial charge in [0.25, 0.3) is 0 Å². The molecular formula is C12H13NO2. The molecule has 3 heteroatoms. The Morgan fingerprint density at radius 2 is 2.27 bits per heavy atom. The number of carbonyl (C=O) groups excluding carboxylic acids is 1. The first-order valence-electron chi connectivity index (χ1n) is 4.95. The number of aldehydes is 1. The summed E-state index contributed by atoms with van der Waals surface area (Å²) in [5, 5.41) is 1.14. The highest BCUT2D eigenvalue weighted by molar-refractivity contribution is 5.81. The lowest BCUT2D eigenvalue weighted by Gasteiger charge is -2.03. The third-order valence-electron chi connectivity index (χ3n) is 2.23. The summed E-state index contributed by atoms with van der Waals surface area (Å²) >= 11 is 0. The van der Waals surface area contributed by atoms with Gasteiger partial charge in [-0.05, 0) is 31.2 Å². The number of aromatic nitrogens is 1. The molecule has 1 N–H and O–H groups in total. The molecule has 0 amide bonds. The van der Waals surface area contributed by atoms with E-state index in [2.05, 4.69) is 11.1 Å². The highest BCUT2D eigenvalue weighted by Gasteiger charge is 1.99. The third kappa shape index (κ3) is 2.18. The summed E-state index contributed by atoms with van der Waals surface area (Å²) in [6.45, 7) is 2.46. The van der Waals surface area contributed by atoms with E-state index in [1.165, 1.54) is 0 Å². The van der Waals surface area contributed by atoms with E-state index in [0.29, 0.717) is 13.0 Å². The lowest BCUT2D eigenvalue weighted by Crippen LogP contribution is -1.97. The first-order chi connectivity index (χ1) is 7.29. The molecule has 0 fully saturated rings. The van der Waals surface area contributed by atoms with Crippen molar-refractivity contribution in [2.75, 3.05) is 6.61 Å². The molecule has 2 rings (SSSR count). The molecule has 78 valence electrons. The maximum absolute atomic E-state index is 10.1. The quantitative estimate of drug-likeness (QED) is 0.612. The Morgan fingerprint density at radius 1 is 1.40 bits per heavy atom. The minimum absolute atomic E-state index is 0.435. The summed E-state index contributed by atoms with van der Waals surface area (Å²) in [6.07, 6.45) is 1.29. The summed E-state index contributed by atoms with van der Waals surface area (Å²) in [5.74, 6) is 0.809. The zero-order chi connectivity index (χ0) is 10.7. The average molecular weight is 203 g/mol.